The number of likely N-dealkylation sites (N-methyl/N-ethyl adjacent to an activating group) is 1. The van der Waals surface area contributed by atoms with E-state index in [1.165, 1.54) is 7.11 Å². The third-order valence-electron chi connectivity index (χ3n) is 3.81. The van der Waals surface area contributed by atoms with E-state index in [2.05, 4.69) is 19.2 Å². The molecule has 5 heteroatoms. The summed E-state index contributed by atoms with van der Waals surface area (Å²) in [5, 5.41) is 3.19. The second kappa shape index (κ2) is 7.96. The summed E-state index contributed by atoms with van der Waals surface area (Å²) in [6.45, 7) is 9.25. The van der Waals surface area contributed by atoms with Crippen molar-refractivity contribution in [1.82, 2.24) is 5.32 Å². The van der Waals surface area contributed by atoms with Crippen molar-refractivity contribution in [2.24, 2.45) is 0 Å². The number of carbonyl (C=O) groups excluding carboxylic acids is 1. The van der Waals surface area contributed by atoms with E-state index in [9.17, 15) is 4.79 Å². The topological polar surface area (TPSA) is 56.8 Å². The first-order valence-electron chi connectivity index (χ1n) is 7.51. The maximum absolute atomic E-state index is 11.8. The van der Waals surface area contributed by atoms with Crippen LogP contribution in [0.1, 0.15) is 47.0 Å². The van der Waals surface area contributed by atoms with Gasteiger partial charge in [0.2, 0.25) is 0 Å². The SMILES string of the molecule is CCNC(C)(CCOC1CC(C)OC(C)C1)C(=O)OC. The van der Waals surface area contributed by atoms with Crippen molar-refractivity contribution in [3.63, 3.8) is 0 Å². The number of methoxy groups -OCH3 is 1. The van der Waals surface area contributed by atoms with Crippen molar-refractivity contribution < 1.29 is 19.0 Å². The van der Waals surface area contributed by atoms with Gasteiger partial charge in [0.15, 0.2) is 0 Å². The molecule has 3 atom stereocenters. The number of nitrogens with one attached hydrogen (secondary N) is 1. The highest BCUT2D eigenvalue weighted by Crippen LogP contribution is 2.22. The van der Waals surface area contributed by atoms with Crippen molar-refractivity contribution in [1.29, 1.82) is 0 Å². The van der Waals surface area contributed by atoms with Crippen LogP contribution in [-0.4, -0.2) is 50.1 Å². The lowest BCUT2D eigenvalue weighted by molar-refractivity contribution is -0.150. The summed E-state index contributed by atoms with van der Waals surface area (Å²) in [5.41, 5.74) is -0.675. The van der Waals surface area contributed by atoms with Crippen LogP contribution in [0.4, 0.5) is 0 Å². The summed E-state index contributed by atoms with van der Waals surface area (Å²) in [6, 6.07) is 0. The third-order valence-corrected chi connectivity index (χ3v) is 3.81. The normalized spacial score (nSPS) is 29.8. The molecule has 0 saturated carbocycles. The van der Waals surface area contributed by atoms with E-state index in [4.69, 9.17) is 14.2 Å². The van der Waals surface area contributed by atoms with Gasteiger partial charge in [0.05, 0.1) is 25.4 Å². The van der Waals surface area contributed by atoms with Crippen LogP contribution in [0.25, 0.3) is 0 Å². The Labute approximate surface area is 122 Å². The highest BCUT2D eigenvalue weighted by Gasteiger charge is 2.33. The third kappa shape index (κ3) is 5.04. The molecule has 0 aromatic carbocycles. The first-order valence-corrected chi connectivity index (χ1v) is 7.51. The average molecular weight is 287 g/mol. The van der Waals surface area contributed by atoms with E-state index >= 15 is 0 Å². The molecular weight excluding hydrogens is 258 g/mol. The summed E-state index contributed by atoms with van der Waals surface area (Å²) in [5.74, 6) is -0.239. The van der Waals surface area contributed by atoms with E-state index in [1.807, 2.05) is 13.8 Å². The fourth-order valence-electron chi connectivity index (χ4n) is 2.79. The predicted molar refractivity (Wildman–Crippen MR) is 77.7 cm³/mol. The lowest BCUT2D eigenvalue weighted by Gasteiger charge is -2.33. The summed E-state index contributed by atoms with van der Waals surface area (Å²) in [7, 11) is 1.42. The standard InChI is InChI=1S/C15H29NO4/c1-6-16-15(4,14(17)18-5)7-8-19-13-9-11(2)20-12(3)10-13/h11-13,16H,6-10H2,1-5H3. The Bertz CT molecular complexity index is 300. The van der Waals surface area contributed by atoms with E-state index in [-0.39, 0.29) is 24.3 Å². The molecule has 118 valence electrons. The van der Waals surface area contributed by atoms with Crippen LogP contribution >= 0.6 is 0 Å². The average Bonchev–Trinajstić information content (AvgIpc) is 2.37. The zero-order valence-corrected chi connectivity index (χ0v) is 13.4. The zero-order valence-electron chi connectivity index (χ0n) is 13.4. The molecule has 1 aliphatic rings. The summed E-state index contributed by atoms with van der Waals surface area (Å²) in [4.78, 5) is 11.8. The molecule has 1 N–H and O–H groups in total. The van der Waals surface area contributed by atoms with Gasteiger partial charge in [-0.3, -0.25) is 4.79 Å². The van der Waals surface area contributed by atoms with Gasteiger partial charge in [-0.25, -0.2) is 0 Å². The molecule has 0 amide bonds. The molecule has 1 fully saturated rings. The number of rotatable bonds is 7. The van der Waals surface area contributed by atoms with E-state index in [1.54, 1.807) is 0 Å². The Balaban J connectivity index is 2.42. The lowest BCUT2D eigenvalue weighted by atomic mass is 9.98. The molecule has 0 aliphatic carbocycles. The molecule has 0 bridgehead atoms. The Morgan fingerprint density at radius 3 is 2.45 bits per heavy atom. The number of esters is 1. The number of hydrogen-bond donors (Lipinski definition) is 1. The maximum Gasteiger partial charge on any atom is 0.325 e. The van der Waals surface area contributed by atoms with Gasteiger partial charge < -0.3 is 19.5 Å². The van der Waals surface area contributed by atoms with Gasteiger partial charge >= 0.3 is 5.97 Å². The van der Waals surface area contributed by atoms with Crippen LogP contribution in [-0.2, 0) is 19.0 Å². The van der Waals surface area contributed by atoms with Crippen LogP contribution in [0.3, 0.4) is 0 Å². The minimum atomic E-state index is -0.675. The van der Waals surface area contributed by atoms with Crippen molar-refractivity contribution in [3.05, 3.63) is 0 Å². The van der Waals surface area contributed by atoms with E-state index in [0.29, 0.717) is 13.0 Å². The Morgan fingerprint density at radius 2 is 1.95 bits per heavy atom. The Morgan fingerprint density at radius 1 is 1.35 bits per heavy atom. The predicted octanol–water partition coefficient (Wildman–Crippen LogP) is 1.89. The van der Waals surface area contributed by atoms with E-state index in [0.717, 1.165) is 19.4 Å². The Kier molecular flexibility index (Phi) is 6.92. The van der Waals surface area contributed by atoms with Crippen LogP contribution in [0, 0.1) is 0 Å². The fourth-order valence-corrected chi connectivity index (χ4v) is 2.79. The molecule has 1 saturated heterocycles. The minimum Gasteiger partial charge on any atom is -0.468 e. The molecule has 1 aliphatic heterocycles. The summed E-state index contributed by atoms with van der Waals surface area (Å²) in [6.07, 6.45) is 3.14. The molecule has 0 spiro atoms. The smallest absolute Gasteiger partial charge is 0.325 e. The first kappa shape index (κ1) is 17.4. The molecule has 5 nitrogen and oxygen atoms in total. The molecular formula is C15H29NO4. The van der Waals surface area contributed by atoms with Crippen LogP contribution in [0.5, 0.6) is 0 Å². The second-order valence-corrected chi connectivity index (χ2v) is 5.83. The van der Waals surface area contributed by atoms with Gasteiger partial charge in [-0.05, 0) is 46.6 Å². The summed E-state index contributed by atoms with van der Waals surface area (Å²) < 4.78 is 16.5. The first-order chi connectivity index (χ1) is 9.41. The highest BCUT2D eigenvalue weighted by molar-refractivity contribution is 5.80. The van der Waals surface area contributed by atoms with Crippen molar-refractivity contribution in [3.8, 4) is 0 Å². The van der Waals surface area contributed by atoms with Crippen LogP contribution in [0.15, 0.2) is 0 Å². The maximum atomic E-state index is 11.8. The molecule has 0 aromatic heterocycles. The summed E-state index contributed by atoms with van der Waals surface area (Å²) >= 11 is 0. The minimum absolute atomic E-state index is 0.220. The quantitative estimate of drug-likeness (QED) is 0.725. The number of carbonyl (C=O) groups is 1. The van der Waals surface area contributed by atoms with Gasteiger partial charge in [0.1, 0.15) is 5.54 Å². The molecule has 20 heavy (non-hydrogen) atoms. The van der Waals surface area contributed by atoms with Crippen molar-refractivity contribution in [2.75, 3.05) is 20.3 Å². The number of hydrogen-bond acceptors (Lipinski definition) is 5. The zero-order chi connectivity index (χ0) is 15.2. The van der Waals surface area contributed by atoms with Crippen LogP contribution in [0.2, 0.25) is 0 Å². The molecule has 1 rings (SSSR count). The Hall–Kier alpha value is -0.650. The van der Waals surface area contributed by atoms with Gasteiger partial charge in [-0.2, -0.15) is 0 Å². The molecule has 0 radical (unpaired) electrons. The monoisotopic (exact) mass is 287 g/mol. The second-order valence-electron chi connectivity index (χ2n) is 5.83. The van der Waals surface area contributed by atoms with Gasteiger partial charge in [-0.15, -0.1) is 0 Å². The largest absolute Gasteiger partial charge is 0.468 e. The van der Waals surface area contributed by atoms with Gasteiger partial charge in [0, 0.05) is 6.61 Å². The van der Waals surface area contributed by atoms with Crippen molar-refractivity contribution in [2.45, 2.75) is 70.8 Å². The van der Waals surface area contributed by atoms with Gasteiger partial charge in [-0.1, -0.05) is 6.92 Å². The van der Waals surface area contributed by atoms with Gasteiger partial charge in [0.25, 0.3) is 0 Å². The number of ether oxygens (including phenoxy) is 3. The molecule has 1 heterocycles. The van der Waals surface area contributed by atoms with Crippen molar-refractivity contribution >= 4 is 5.97 Å². The van der Waals surface area contributed by atoms with E-state index < -0.39 is 5.54 Å². The highest BCUT2D eigenvalue weighted by atomic mass is 16.5. The lowest BCUT2D eigenvalue weighted by Crippen LogP contribution is -2.51. The van der Waals surface area contributed by atoms with Crippen LogP contribution < -0.4 is 5.32 Å². The molecule has 0 aromatic rings. The fraction of sp³-hybridized carbons (Fsp3) is 0.933. The molecule has 3 unspecified atom stereocenters.